The van der Waals surface area contributed by atoms with Gasteiger partial charge in [-0.3, -0.25) is 9.48 Å². The lowest BCUT2D eigenvalue weighted by Crippen LogP contribution is -2.27. The molecule has 0 aliphatic carbocycles. The summed E-state index contributed by atoms with van der Waals surface area (Å²) in [5.74, 6) is -1.24. The fourth-order valence-electron chi connectivity index (χ4n) is 2.68. The van der Waals surface area contributed by atoms with Crippen LogP contribution in [0.15, 0.2) is 36.5 Å². The second-order valence-corrected chi connectivity index (χ2v) is 7.04. The van der Waals surface area contributed by atoms with Crippen LogP contribution in [-0.4, -0.2) is 36.5 Å². The third-order valence-electron chi connectivity index (χ3n) is 4.20. The number of nitrogens with one attached hydrogen (secondary N) is 1. The molecule has 1 unspecified atom stereocenters. The van der Waals surface area contributed by atoms with Crippen molar-refractivity contribution in [1.82, 2.24) is 19.6 Å². The Bertz CT molecular complexity index is 1040. The largest absolute Gasteiger partial charge is 0.477 e. The Kier molecular flexibility index (Phi) is 5.71. The molecule has 0 saturated carbocycles. The SMILES string of the molecule is Cc1cc(NC(=O)C(C)n2nccc2C(=O)O)nn1Cc1ccc(Cl)cc1Cl. The van der Waals surface area contributed by atoms with Crippen LogP contribution >= 0.6 is 23.2 Å². The lowest BCUT2D eigenvalue weighted by Gasteiger charge is -2.13. The summed E-state index contributed by atoms with van der Waals surface area (Å²) in [7, 11) is 0. The van der Waals surface area contributed by atoms with Gasteiger partial charge in [-0.15, -0.1) is 0 Å². The summed E-state index contributed by atoms with van der Waals surface area (Å²) in [5, 5.41) is 21.2. The highest BCUT2D eigenvalue weighted by Crippen LogP contribution is 2.23. The van der Waals surface area contributed by atoms with Crippen molar-refractivity contribution in [2.75, 3.05) is 5.32 Å². The number of carbonyl (C=O) groups is 2. The molecule has 1 amide bonds. The highest BCUT2D eigenvalue weighted by molar-refractivity contribution is 6.35. The molecule has 0 fully saturated rings. The van der Waals surface area contributed by atoms with E-state index in [0.29, 0.717) is 22.4 Å². The minimum atomic E-state index is -1.16. The van der Waals surface area contributed by atoms with E-state index in [2.05, 4.69) is 15.5 Å². The van der Waals surface area contributed by atoms with Crippen LogP contribution in [0.2, 0.25) is 10.0 Å². The van der Waals surface area contributed by atoms with Crippen molar-refractivity contribution in [3.63, 3.8) is 0 Å². The molecule has 8 nitrogen and oxygen atoms in total. The Balaban J connectivity index is 1.74. The number of benzene rings is 1. The summed E-state index contributed by atoms with van der Waals surface area (Å²) in [4.78, 5) is 23.7. The number of halogens is 2. The number of hydrogen-bond acceptors (Lipinski definition) is 4. The van der Waals surface area contributed by atoms with Crippen LogP contribution in [0.4, 0.5) is 5.82 Å². The van der Waals surface area contributed by atoms with Gasteiger partial charge in [0.25, 0.3) is 0 Å². The minimum Gasteiger partial charge on any atom is -0.477 e. The molecule has 3 aromatic rings. The van der Waals surface area contributed by atoms with Gasteiger partial charge in [0, 0.05) is 28.0 Å². The van der Waals surface area contributed by atoms with E-state index in [9.17, 15) is 9.59 Å². The molecule has 1 atom stereocenters. The van der Waals surface area contributed by atoms with Gasteiger partial charge in [0.05, 0.1) is 6.54 Å². The molecule has 1 aromatic carbocycles. The number of carbonyl (C=O) groups excluding carboxylic acids is 1. The van der Waals surface area contributed by atoms with Crippen molar-refractivity contribution in [2.45, 2.75) is 26.4 Å². The van der Waals surface area contributed by atoms with Crippen LogP contribution in [0.3, 0.4) is 0 Å². The maximum Gasteiger partial charge on any atom is 0.354 e. The summed E-state index contributed by atoms with van der Waals surface area (Å²) in [6.07, 6.45) is 1.34. The standard InChI is InChI=1S/C18H17Cl2N5O3/c1-10-7-16(23-24(10)9-12-3-4-13(19)8-14(12)20)22-17(26)11(2)25-15(18(27)28)5-6-21-25/h3-8,11H,9H2,1-2H3,(H,27,28)(H,22,23,26). The highest BCUT2D eigenvalue weighted by atomic mass is 35.5. The van der Waals surface area contributed by atoms with E-state index in [1.807, 2.05) is 13.0 Å². The van der Waals surface area contributed by atoms with Gasteiger partial charge in [0.2, 0.25) is 5.91 Å². The van der Waals surface area contributed by atoms with Crippen molar-refractivity contribution in [1.29, 1.82) is 0 Å². The number of carboxylic acids is 1. The van der Waals surface area contributed by atoms with Crippen LogP contribution in [-0.2, 0) is 11.3 Å². The first-order chi connectivity index (χ1) is 13.3. The summed E-state index contributed by atoms with van der Waals surface area (Å²) in [6.45, 7) is 3.83. The van der Waals surface area contributed by atoms with E-state index in [4.69, 9.17) is 28.3 Å². The van der Waals surface area contributed by atoms with Gasteiger partial charge in [0.1, 0.15) is 11.7 Å². The first kappa shape index (κ1) is 19.9. The normalized spacial score (nSPS) is 12.0. The fraction of sp³-hybridized carbons (Fsp3) is 0.222. The average Bonchev–Trinajstić information content (AvgIpc) is 3.24. The van der Waals surface area contributed by atoms with Gasteiger partial charge >= 0.3 is 5.97 Å². The molecule has 2 N–H and O–H groups in total. The van der Waals surface area contributed by atoms with Gasteiger partial charge in [-0.05, 0) is 37.6 Å². The Morgan fingerprint density at radius 3 is 2.68 bits per heavy atom. The maximum atomic E-state index is 12.5. The molecule has 0 saturated heterocycles. The third-order valence-corrected chi connectivity index (χ3v) is 4.79. The number of hydrogen-bond donors (Lipinski definition) is 2. The number of rotatable bonds is 6. The fourth-order valence-corrected chi connectivity index (χ4v) is 3.14. The smallest absolute Gasteiger partial charge is 0.354 e. The summed E-state index contributed by atoms with van der Waals surface area (Å²) >= 11 is 12.1. The maximum absolute atomic E-state index is 12.5. The molecule has 2 heterocycles. The molecular weight excluding hydrogens is 405 g/mol. The Hall–Kier alpha value is -2.84. The lowest BCUT2D eigenvalue weighted by molar-refractivity contribution is -0.119. The number of carboxylic acid groups (broad SMARTS) is 1. The van der Waals surface area contributed by atoms with Crippen molar-refractivity contribution in [3.8, 4) is 0 Å². The summed E-state index contributed by atoms with van der Waals surface area (Å²) < 4.78 is 2.85. The molecule has 0 aliphatic rings. The van der Waals surface area contributed by atoms with Crippen molar-refractivity contribution >= 4 is 40.9 Å². The lowest BCUT2D eigenvalue weighted by atomic mass is 10.2. The molecular formula is C18H17Cl2N5O3. The van der Waals surface area contributed by atoms with Crippen molar-refractivity contribution < 1.29 is 14.7 Å². The van der Waals surface area contributed by atoms with E-state index in [0.717, 1.165) is 15.9 Å². The molecule has 3 rings (SSSR count). The zero-order valence-corrected chi connectivity index (χ0v) is 16.6. The molecule has 146 valence electrons. The minimum absolute atomic E-state index is 0.0678. The van der Waals surface area contributed by atoms with E-state index >= 15 is 0 Å². The molecule has 10 heteroatoms. The second-order valence-electron chi connectivity index (χ2n) is 6.20. The quantitative estimate of drug-likeness (QED) is 0.632. The van der Waals surface area contributed by atoms with Crippen LogP contribution < -0.4 is 5.32 Å². The third kappa shape index (κ3) is 4.18. The van der Waals surface area contributed by atoms with Crippen LogP contribution in [0.5, 0.6) is 0 Å². The van der Waals surface area contributed by atoms with Gasteiger partial charge in [-0.25, -0.2) is 9.48 Å². The Morgan fingerprint density at radius 1 is 1.25 bits per heavy atom. The number of nitrogens with zero attached hydrogens (tertiary/aromatic N) is 4. The predicted molar refractivity (Wildman–Crippen MR) is 105 cm³/mol. The van der Waals surface area contributed by atoms with E-state index in [-0.39, 0.29) is 5.69 Å². The molecule has 2 aromatic heterocycles. The topological polar surface area (TPSA) is 102 Å². The van der Waals surface area contributed by atoms with Crippen molar-refractivity contribution in [3.05, 3.63) is 63.5 Å². The van der Waals surface area contributed by atoms with Crippen LogP contribution in [0.25, 0.3) is 0 Å². The van der Waals surface area contributed by atoms with E-state index < -0.39 is 17.9 Å². The number of aryl methyl sites for hydroxylation is 1. The summed E-state index contributed by atoms with van der Waals surface area (Å²) in [6, 6.07) is 7.45. The van der Waals surface area contributed by atoms with E-state index in [1.165, 1.54) is 12.3 Å². The first-order valence-corrected chi connectivity index (χ1v) is 9.08. The first-order valence-electron chi connectivity index (χ1n) is 8.32. The molecule has 0 radical (unpaired) electrons. The number of amides is 1. The van der Waals surface area contributed by atoms with Crippen molar-refractivity contribution in [2.24, 2.45) is 0 Å². The number of aromatic carboxylic acids is 1. The Labute approximate surface area is 170 Å². The average molecular weight is 422 g/mol. The highest BCUT2D eigenvalue weighted by Gasteiger charge is 2.22. The molecule has 0 aliphatic heterocycles. The van der Waals surface area contributed by atoms with Gasteiger partial charge in [-0.2, -0.15) is 10.2 Å². The zero-order valence-electron chi connectivity index (χ0n) is 15.1. The Morgan fingerprint density at radius 2 is 2.00 bits per heavy atom. The monoisotopic (exact) mass is 421 g/mol. The van der Waals surface area contributed by atoms with Crippen LogP contribution in [0, 0.1) is 6.92 Å². The number of anilines is 1. The van der Waals surface area contributed by atoms with Gasteiger partial charge in [0.15, 0.2) is 5.82 Å². The second kappa shape index (κ2) is 8.04. The van der Waals surface area contributed by atoms with Crippen LogP contribution in [0.1, 0.15) is 34.7 Å². The molecule has 0 bridgehead atoms. The molecule has 0 spiro atoms. The van der Waals surface area contributed by atoms with Gasteiger partial charge < -0.3 is 10.4 Å². The predicted octanol–water partition coefficient (Wildman–Crippen LogP) is 3.64. The van der Waals surface area contributed by atoms with Gasteiger partial charge in [-0.1, -0.05) is 29.3 Å². The number of aromatic nitrogens is 4. The molecule has 28 heavy (non-hydrogen) atoms. The summed E-state index contributed by atoms with van der Waals surface area (Å²) in [5.41, 5.74) is 1.59. The van der Waals surface area contributed by atoms with E-state index in [1.54, 1.807) is 29.8 Å². The zero-order chi connectivity index (χ0) is 20.4.